The van der Waals surface area contributed by atoms with Crippen molar-refractivity contribution in [2.75, 3.05) is 11.5 Å². The van der Waals surface area contributed by atoms with Crippen molar-refractivity contribution < 1.29 is 22.7 Å². The number of hydrogen-bond donors (Lipinski definition) is 1. The molecule has 0 aliphatic carbocycles. The summed E-state index contributed by atoms with van der Waals surface area (Å²) in [7, 11) is -3.09. The fourth-order valence-corrected chi connectivity index (χ4v) is 4.10. The van der Waals surface area contributed by atoms with E-state index in [1.165, 1.54) is 25.1 Å². The van der Waals surface area contributed by atoms with Crippen LogP contribution in [0, 0.1) is 0 Å². The molecule has 1 amide bonds. The van der Waals surface area contributed by atoms with Crippen molar-refractivity contribution >= 4 is 44.9 Å². The molecule has 1 aliphatic heterocycles. The first-order chi connectivity index (χ1) is 10.7. The summed E-state index contributed by atoms with van der Waals surface area (Å²) in [4.78, 5) is 23.9. The van der Waals surface area contributed by atoms with Crippen LogP contribution in [-0.2, 0) is 19.4 Å². The lowest BCUT2D eigenvalue weighted by Gasteiger charge is -2.16. The maximum Gasteiger partial charge on any atom is 0.338 e. The van der Waals surface area contributed by atoms with Gasteiger partial charge in [0, 0.05) is 6.04 Å². The molecule has 2 atom stereocenters. The van der Waals surface area contributed by atoms with E-state index in [4.69, 9.17) is 27.9 Å². The second-order valence-electron chi connectivity index (χ2n) is 5.28. The molecular formula is C14H15Cl2NO5S. The molecular weight excluding hydrogens is 365 g/mol. The zero-order chi connectivity index (χ0) is 17.2. The van der Waals surface area contributed by atoms with E-state index in [9.17, 15) is 18.0 Å². The molecule has 1 N–H and O–H groups in total. The Kier molecular flexibility index (Phi) is 5.54. The third kappa shape index (κ3) is 4.83. The highest BCUT2D eigenvalue weighted by molar-refractivity contribution is 7.91. The Morgan fingerprint density at radius 2 is 2.00 bits per heavy atom. The van der Waals surface area contributed by atoms with Gasteiger partial charge in [-0.2, -0.15) is 0 Å². The summed E-state index contributed by atoms with van der Waals surface area (Å²) in [6.45, 7) is 1.41. The predicted octanol–water partition coefficient (Wildman–Crippen LogP) is 1.84. The zero-order valence-electron chi connectivity index (χ0n) is 12.2. The molecule has 0 saturated carbocycles. The number of sulfone groups is 1. The highest BCUT2D eigenvalue weighted by Crippen LogP contribution is 2.23. The van der Waals surface area contributed by atoms with Gasteiger partial charge in [0.2, 0.25) is 0 Å². The number of halogens is 2. The number of nitrogens with one attached hydrogen (secondary N) is 1. The molecule has 126 valence electrons. The van der Waals surface area contributed by atoms with Crippen LogP contribution in [0.4, 0.5) is 0 Å². The molecule has 23 heavy (non-hydrogen) atoms. The van der Waals surface area contributed by atoms with Crippen LogP contribution in [0.25, 0.3) is 0 Å². The summed E-state index contributed by atoms with van der Waals surface area (Å²) in [5, 5.41) is 3.07. The van der Waals surface area contributed by atoms with Crippen molar-refractivity contribution in [3.8, 4) is 0 Å². The van der Waals surface area contributed by atoms with E-state index in [0.717, 1.165) is 0 Å². The van der Waals surface area contributed by atoms with Crippen LogP contribution in [0.15, 0.2) is 18.2 Å². The van der Waals surface area contributed by atoms with Crippen molar-refractivity contribution in [2.24, 2.45) is 0 Å². The SMILES string of the molecule is C[C@@H](OC(=O)c1ccc(Cl)c(Cl)c1)C(=O)N[C@@H]1CCS(=O)(=O)C1. The lowest BCUT2D eigenvalue weighted by Crippen LogP contribution is -2.42. The van der Waals surface area contributed by atoms with Crippen LogP contribution in [-0.4, -0.2) is 43.9 Å². The van der Waals surface area contributed by atoms with Gasteiger partial charge in [0.25, 0.3) is 5.91 Å². The van der Waals surface area contributed by atoms with Crippen LogP contribution in [0.1, 0.15) is 23.7 Å². The molecule has 0 aromatic heterocycles. The van der Waals surface area contributed by atoms with Crippen LogP contribution < -0.4 is 5.32 Å². The molecule has 0 bridgehead atoms. The van der Waals surface area contributed by atoms with Gasteiger partial charge in [-0.1, -0.05) is 23.2 Å². The summed E-state index contributed by atoms with van der Waals surface area (Å²) in [5.41, 5.74) is 0.169. The van der Waals surface area contributed by atoms with Crippen LogP contribution in [0.2, 0.25) is 10.0 Å². The monoisotopic (exact) mass is 379 g/mol. The van der Waals surface area contributed by atoms with Crippen molar-refractivity contribution in [2.45, 2.75) is 25.5 Å². The van der Waals surface area contributed by atoms with E-state index in [2.05, 4.69) is 5.32 Å². The Hall–Kier alpha value is -1.31. The van der Waals surface area contributed by atoms with Crippen molar-refractivity contribution in [1.82, 2.24) is 5.32 Å². The van der Waals surface area contributed by atoms with E-state index in [1.54, 1.807) is 0 Å². The highest BCUT2D eigenvalue weighted by Gasteiger charge is 2.30. The van der Waals surface area contributed by atoms with E-state index >= 15 is 0 Å². The maximum absolute atomic E-state index is 12.0. The third-order valence-corrected chi connectivity index (χ3v) is 5.89. The molecule has 1 aromatic rings. The molecule has 0 radical (unpaired) electrons. The summed E-state index contributed by atoms with van der Waals surface area (Å²) >= 11 is 11.6. The minimum absolute atomic E-state index is 0.0510. The second-order valence-corrected chi connectivity index (χ2v) is 8.33. The van der Waals surface area contributed by atoms with Crippen molar-refractivity contribution in [1.29, 1.82) is 0 Å². The van der Waals surface area contributed by atoms with Gasteiger partial charge in [-0.15, -0.1) is 0 Å². The average Bonchev–Trinajstić information content (AvgIpc) is 2.80. The number of carbonyl (C=O) groups excluding carboxylic acids is 2. The third-order valence-electron chi connectivity index (χ3n) is 3.39. The minimum Gasteiger partial charge on any atom is -0.449 e. The minimum atomic E-state index is -3.09. The lowest BCUT2D eigenvalue weighted by atomic mass is 10.2. The summed E-state index contributed by atoms with van der Waals surface area (Å²) in [6, 6.07) is 3.79. The average molecular weight is 380 g/mol. The molecule has 9 heteroatoms. The van der Waals surface area contributed by atoms with Gasteiger partial charge >= 0.3 is 5.97 Å². The standard InChI is InChI=1S/C14H15Cl2NO5S/c1-8(13(18)17-10-4-5-23(20,21)7-10)22-14(19)9-2-3-11(15)12(16)6-9/h2-3,6,8,10H,4-5,7H2,1H3,(H,17,18)/t8-,10-/m1/s1. The number of benzene rings is 1. The Bertz CT molecular complexity index is 735. The van der Waals surface area contributed by atoms with Gasteiger partial charge in [0.15, 0.2) is 15.9 Å². The Labute approximate surface area is 144 Å². The molecule has 1 saturated heterocycles. The fraction of sp³-hybridized carbons (Fsp3) is 0.429. The van der Waals surface area contributed by atoms with Crippen LogP contribution >= 0.6 is 23.2 Å². The van der Waals surface area contributed by atoms with E-state index in [1.807, 2.05) is 0 Å². The fourth-order valence-electron chi connectivity index (χ4n) is 2.13. The smallest absolute Gasteiger partial charge is 0.338 e. The number of carbonyl (C=O) groups is 2. The van der Waals surface area contributed by atoms with Crippen molar-refractivity contribution in [3.63, 3.8) is 0 Å². The van der Waals surface area contributed by atoms with Gasteiger partial charge < -0.3 is 10.1 Å². The molecule has 1 fully saturated rings. The van der Waals surface area contributed by atoms with Gasteiger partial charge in [-0.25, -0.2) is 13.2 Å². The first-order valence-corrected chi connectivity index (χ1v) is 9.42. The molecule has 0 spiro atoms. The summed E-state index contributed by atoms with van der Waals surface area (Å²) in [5.74, 6) is -1.30. The van der Waals surface area contributed by atoms with E-state index < -0.39 is 33.9 Å². The predicted molar refractivity (Wildman–Crippen MR) is 86.5 cm³/mol. The molecule has 1 heterocycles. The molecule has 1 aromatic carbocycles. The van der Waals surface area contributed by atoms with E-state index in [0.29, 0.717) is 11.4 Å². The molecule has 1 aliphatic rings. The molecule has 2 rings (SSSR count). The van der Waals surface area contributed by atoms with Gasteiger partial charge in [-0.3, -0.25) is 4.79 Å². The molecule has 0 unspecified atom stereocenters. The highest BCUT2D eigenvalue weighted by atomic mass is 35.5. The van der Waals surface area contributed by atoms with Crippen molar-refractivity contribution in [3.05, 3.63) is 33.8 Å². The first-order valence-electron chi connectivity index (χ1n) is 6.85. The molecule has 6 nitrogen and oxygen atoms in total. The number of amides is 1. The Morgan fingerprint density at radius 3 is 2.57 bits per heavy atom. The van der Waals surface area contributed by atoms with Crippen LogP contribution in [0.5, 0.6) is 0 Å². The summed E-state index contributed by atoms with van der Waals surface area (Å²) in [6.07, 6.45) is -0.693. The normalized spacial score (nSPS) is 20.7. The Balaban J connectivity index is 1.92. The number of esters is 1. The topological polar surface area (TPSA) is 89.5 Å². The first kappa shape index (κ1) is 18.0. The van der Waals surface area contributed by atoms with Gasteiger partial charge in [0.05, 0.1) is 27.1 Å². The Morgan fingerprint density at radius 1 is 1.30 bits per heavy atom. The second kappa shape index (κ2) is 7.07. The van der Waals surface area contributed by atoms with E-state index in [-0.39, 0.29) is 22.1 Å². The largest absolute Gasteiger partial charge is 0.449 e. The quantitative estimate of drug-likeness (QED) is 0.806. The lowest BCUT2D eigenvalue weighted by molar-refractivity contribution is -0.129. The van der Waals surface area contributed by atoms with Crippen LogP contribution in [0.3, 0.4) is 0 Å². The van der Waals surface area contributed by atoms with Gasteiger partial charge in [0.1, 0.15) is 0 Å². The number of ether oxygens (including phenoxy) is 1. The summed E-state index contributed by atoms with van der Waals surface area (Å²) < 4.78 is 27.8. The maximum atomic E-state index is 12.0. The van der Waals surface area contributed by atoms with Gasteiger partial charge in [-0.05, 0) is 31.5 Å². The number of hydrogen-bond acceptors (Lipinski definition) is 5. The number of rotatable bonds is 4. The zero-order valence-corrected chi connectivity index (χ0v) is 14.5.